The molecule has 3 N–H and O–H groups in total. The van der Waals surface area contributed by atoms with Crippen molar-refractivity contribution in [2.75, 3.05) is 0 Å². The fourth-order valence-corrected chi connectivity index (χ4v) is 0. The van der Waals surface area contributed by atoms with E-state index in [1.165, 1.54) is 0 Å². The van der Waals surface area contributed by atoms with Gasteiger partial charge in [0.25, 0.3) is 0 Å². The summed E-state index contributed by atoms with van der Waals surface area (Å²) in [5.41, 5.74) is 0. The van der Waals surface area contributed by atoms with E-state index in [2.05, 4.69) is 0 Å². The van der Waals surface area contributed by atoms with E-state index in [0.29, 0.717) is 0 Å². The van der Waals surface area contributed by atoms with Crippen molar-refractivity contribution in [1.82, 2.24) is 0 Å². The van der Waals surface area contributed by atoms with Crippen LogP contribution in [0.3, 0.4) is 0 Å². The van der Waals surface area contributed by atoms with Crippen LogP contribution in [0.15, 0.2) is 0 Å². The van der Waals surface area contributed by atoms with E-state index in [9.17, 15) is 0 Å². The second-order valence-corrected chi connectivity index (χ2v) is 2.15. The molecular weight excluding hydrogens is 243 g/mol. The molecule has 0 aromatic heterocycles. The van der Waals surface area contributed by atoms with Crippen molar-refractivity contribution in [3.05, 3.63) is 0 Å². The van der Waals surface area contributed by atoms with E-state index in [1.807, 2.05) is 0 Å². The predicted molar refractivity (Wildman–Crippen MR) is 21.2 cm³/mol. The third kappa shape index (κ3) is 177. The van der Waals surface area contributed by atoms with Crippen LogP contribution in [-0.4, -0.2) is 14.7 Å². The van der Waals surface area contributed by atoms with Crippen LogP contribution in [0.2, 0.25) is 0 Å². The Balaban J connectivity index is -0.0000000221. The van der Waals surface area contributed by atoms with Crippen LogP contribution in [0.25, 0.3) is 0 Å². The normalized spacial score (nSPS) is 7.92. The minimum Gasteiger partial charge on any atom is -0.822 e. The molecule has 0 saturated carbocycles. The topological polar surface area (TPSA) is 147 Å². The zero-order valence-electron chi connectivity index (χ0n) is 6.87. The molecule has 0 spiro atoms. The molecule has 0 aliphatic heterocycles. The molecule has 0 heterocycles. The molecule has 12 heavy (non-hydrogen) atoms. The SMILES string of the molecule is O=P([O-])([O-])[O-].OP(O)O.[Na+].[Na+].[Na+]. The third-order valence-corrected chi connectivity index (χ3v) is 0. The van der Waals surface area contributed by atoms with Gasteiger partial charge < -0.3 is 33.9 Å². The number of rotatable bonds is 0. The first-order valence-electron chi connectivity index (χ1n) is 1.33. The molecule has 0 rings (SSSR count). The molecule has 0 fully saturated rings. The molecule has 58 valence electrons. The minimum absolute atomic E-state index is 0. The first-order chi connectivity index (χ1) is 3.73. The summed E-state index contributed by atoms with van der Waals surface area (Å²) < 4.78 is 8.55. The first-order valence-corrected chi connectivity index (χ1v) is 3.99. The van der Waals surface area contributed by atoms with Gasteiger partial charge in [-0.25, -0.2) is 0 Å². The summed E-state index contributed by atoms with van der Waals surface area (Å²) in [6.45, 7) is 0. The Labute approximate surface area is 137 Å². The summed E-state index contributed by atoms with van der Waals surface area (Å²) in [6.07, 6.45) is 0. The van der Waals surface area contributed by atoms with Gasteiger partial charge in [-0.1, -0.05) is 0 Å². The third-order valence-electron chi connectivity index (χ3n) is 0. The van der Waals surface area contributed by atoms with Crippen molar-refractivity contribution in [3.8, 4) is 0 Å². The molecule has 0 amide bonds. The van der Waals surface area contributed by atoms with Gasteiger partial charge in [-0.3, -0.25) is 0 Å². The van der Waals surface area contributed by atoms with E-state index in [1.54, 1.807) is 0 Å². The summed E-state index contributed by atoms with van der Waals surface area (Å²) in [5, 5.41) is 0. The van der Waals surface area contributed by atoms with Gasteiger partial charge in [0, 0.05) is 0 Å². The Morgan fingerprint density at radius 1 is 0.917 bits per heavy atom. The van der Waals surface area contributed by atoms with Crippen molar-refractivity contribution in [3.63, 3.8) is 0 Å². The summed E-state index contributed by atoms with van der Waals surface area (Å²) in [7, 11) is -8.01. The van der Waals surface area contributed by atoms with E-state index in [4.69, 9.17) is 33.9 Å². The second-order valence-electron chi connectivity index (χ2n) is 0.716. The standard InChI is InChI=1S/3Na.H3O4P.H3O3P/c;;;1-5(2,3)4;1-4(2)3/h;;;(H3,1,2,3,4);1-3H/q3*+1;;/p-3. The van der Waals surface area contributed by atoms with E-state index in [-0.39, 0.29) is 88.7 Å². The minimum atomic E-state index is -5.39. The molecular formula is H3Na3O7P2. The molecule has 0 aromatic rings. The maximum absolute atomic E-state index is 8.55. The van der Waals surface area contributed by atoms with E-state index in [0.717, 1.165) is 0 Å². The van der Waals surface area contributed by atoms with Crippen molar-refractivity contribution >= 4 is 16.4 Å². The fourth-order valence-electron chi connectivity index (χ4n) is 0. The molecule has 0 aromatic carbocycles. The predicted octanol–water partition coefficient (Wildman–Crippen LogP) is -12.6. The molecule has 0 radical (unpaired) electrons. The van der Waals surface area contributed by atoms with Gasteiger partial charge in [0.1, 0.15) is 0 Å². The van der Waals surface area contributed by atoms with Gasteiger partial charge in [0.15, 0.2) is 0 Å². The average molecular weight is 246 g/mol. The van der Waals surface area contributed by atoms with Crippen LogP contribution in [0.1, 0.15) is 0 Å². The second kappa shape index (κ2) is 16.8. The largest absolute Gasteiger partial charge is 1.00 e. The Hall–Kier alpha value is 3.42. The van der Waals surface area contributed by atoms with Gasteiger partial charge in [-0.05, 0) is 0 Å². The van der Waals surface area contributed by atoms with Crippen molar-refractivity contribution in [2.45, 2.75) is 0 Å². The first kappa shape index (κ1) is 29.5. The van der Waals surface area contributed by atoms with Gasteiger partial charge in [-0.15, -0.1) is 0 Å². The molecule has 0 aliphatic rings. The molecule has 12 heteroatoms. The molecule has 0 bridgehead atoms. The van der Waals surface area contributed by atoms with Gasteiger partial charge in [0.05, 0.1) is 0 Å². The summed E-state index contributed by atoms with van der Waals surface area (Å²) in [4.78, 5) is 47.3. The van der Waals surface area contributed by atoms with Crippen LogP contribution < -0.4 is 103 Å². The average Bonchev–Trinajstić information content (AvgIpc) is 1.19. The zero-order chi connectivity index (χ0) is 8.08. The molecule has 0 unspecified atom stereocenters. The number of phosphoric acid groups is 1. The van der Waals surface area contributed by atoms with Gasteiger partial charge >= 0.3 is 97.3 Å². The van der Waals surface area contributed by atoms with Gasteiger partial charge in [-0.2, -0.15) is 7.82 Å². The van der Waals surface area contributed by atoms with E-state index < -0.39 is 16.4 Å². The summed E-state index contributed by atoms with van der Waals surface area (Å²) >= 11 is 0. The Morgan fingerprint density at radius 2 is 0.917 bits per heavy atom. The molecule has 7 nitrogen and oxygen atoms in total. The van der Waals surface area contributed by atoms with Crippen molar-refractivity contribution in [1.29, 1.82) is 0 Å². The quantitative estimate of drug-likeness (QED) is 0.284. The van der Waals surface area contributed by atoms with Crippen molar-refractivity contribution in [2.24, 2.45) is 0 Å². The smallest absolute Gasteiger partial charge is 0.822 e. The van der Waals surface area contributed by atoms with Crippen molar-refractivity contribution < 1.29 is 123 Å². The van der Waals surface area contributed by atoms with Crippen LogP contribution in [-0.2, 0) is 4.57 Å². The molecule has 0 saturated heterocycles. The fraction of sp³-hybridized carbons (Fsp3) is 0. The number of hydrogen-bond acceptors (Lipinski definition) is 7. The maximum atomic E-state index is 8.55. The monoisotopic (exact) mass is 246 g/mol. The summed E-state index contributed by atoms with van der Waals surface area (Å²) in [5.74, 6) is 0. The summed E-state index contributed by atoms with van der Waals surface area (Å²) in [6, 6.07) is 0. The van der Waals surface area contributed by atoms with Crippen LogP contribution in [0.4, 0.5) is 0 Å². The Kier molecular flexibility index (Phi) is 41.4. The number of hydrogen-bond donors (Lipinski definition) is 3. The maximum Gasteiger partial charge on any atom is 1.00 e. The Morgan fingerprint density at radius 3 is 0.917 bits per heavy atom. The van der Waals surface area contributed by atoms with Crippen LogP contribution in [0.5, 0.6) is 0 Å². The molecule has 0 atom stereocenters. The Bertz CT molecular complexity index is 87.8. The molecule has 0 aliphatic carbocycles. The zero-order valence-corrected chi connectivity index (χ0v) is 14.7. The van der Waals surface area contributed by atoms with Crippen LogP contribution in [0, 0.1) is 0 Å². The van der Waals surface area contributed by atoms with Gasteiger partial charge in [0.2, 0.25) is 0 Å². The van der Waals surface area contributed by atoms with Crippen LogP contribution >= 0.6 is 16.4 Å². The van der Waals surface area contributed by atoms with E-state index >= 15 is 0 Å².